The molecule has 0 bridgehead atoms. The molecule has 0 fully saturated rings. The van der Waals surface area contributed by atoms with Crippen LogP contribution in [0.4, 0.5) is 24.5 Å². The van der Waals surface area contributed by atoms with Crippen LogP contribution in [0.15, 0.2) is 48.5 Å². The van der Waals surface area contributed by atoms with Crippen LogP contribution >= 0.6 is 0 Å². The lowest BCUT2D eigenvalue weighted by Gasteiger charge is -2.14. The normalized spacial score (nSPS) is 10.7. The standard InChI is InChI=1S/C16H12F3N3O/c17-16(18,19)12-6-2-4-8-14(12)22-15(23)10-21-13-7-3-1-5-11(13)9-20/h1-8,21H,10H2,(H,22,23). The molecule has 0 heterocycles. The van der Waals surface area contributed by atoms with Crippen molar-refractivity contribution in [2.24, 2.45) is 0 Å². The molecule has 0 saturated carbocycles. The number of carbonyl (C=O) groups is 1. The minimum absolute atomic E-state index is 0.259. The van der Waals surface area contributed by atoms with Gasteiger partial charge in [0.05, 0.1) is 29.0 Å². The van der Waals surface area contributed by atoms with Gasteiger partial charge in [-0.05, 0) is 24.3 Å². The van der Waals surface area contributed by atoms with E-state index in [1.165, 1.54) is 18.2 Å². The Hall–Kier alpha value is -3.01. The van der Waals surface area contributed by atoms with Gasteiger partial charge in [-0.3, -0.25) is 4.79 Å². The van der Waals surface area contributed by atoms with Crippen LogP contribution in [-0.4, -0.2) is 12.5 Å². The molecule has 0 saturated heterocycles. The molecular weight excluding hydrogens is 307 g/mol. The number of nitriles is 1. The van der Waals surface area contributed by atoms with Crippen molar-refractivity contribution in [2.75, 3.05) is 17.2 Å². The maximum absolute atomic E-state index is 12.8. The molecule has 0 aromatic heterocycles. The molecule has 118 valence electrons. The summed E-state index contributed by atoms with van der Waals surface area (Å²) in [6.45, 7) is -0.259. The Balaban J connectivity index is 2.05. The van der Waals surface area contributed by atoms with Crippen LogP contribution in [0.25, 0.3) is 0 Å². The quantitative estimate of drug-likeness (QED) is 0.904. The first-order valence-corrected chi connectivity index (χ1v) is 6.61. The highest BCUT2D eigenvalue weighted by Crippen LogP contribution is 2.34. The van der Waals surface area contributed by atoms with E-state index in [1.807, 2.05) is 6.07 Å². The first kappa shape index (κ1) is 16.4. The molecule has 2 rings (SSSR count). The molecule has 7 heteroatoms. The third-order valence-corrected chi connectivity index (χ3v) is 2.99. The summed E-state index contributed by atoms with van der Waals surface area (Å²) < 4.78 is 38.5. The van der Waals surface area contributed by atoms with E-state index in [9.17, 15) is 18.0 Å². The lowest BCUT2D eigenvalue weighted by atomic mass is 10.1. The molecule has 2 aromatic carbocycles. The second kappa shape index (κ2) is 6.83. The van der Waals surface area contributed by atoms with Crippen LogP contribution in [0.5, 0.6) is 0 Å². The first-order valence-electron chi connectivity index (χ1n) is 6.61. The number of amides is 1. The zero-order valence-corrected chi connectivity index (χ0v) is 11.8. The molecule has 1 amide bonds. The highest BCUT2D eigenvalue weighted by atomic mass is 19.4. The second-order valence-corrected chi connectivity index (χ2v) is 4.60. The van der Waals surface area contributed by atoms with Crippen molar-refractivity contribution in [2.45, 2.75) is 6.18 Å². The summed E-state index contributed by atoms with van der Waals surface area (Å²) >= 11 is 0. The summed E-state index contributed by atoms with van der Waals surface area (Å²) in [6.07, 6.45) is -4.55. The first-order chi connectivity index (χ1) is 10.9. The SMILES string of the molecule is N#Cc1ccccc1NCC(=O)Nc1ccccc1C(F)(F)F. The van der Waals surface area contributed by atoms with Gasteiger partial charge in [0.25, 0.3) is 0 Å². The van der Waals surface area contributed by atoms with Crippen molar-refractivity contribution in [3.8, 4) is 6.07 Å². The molecule has 2 N–H and O–H groups in total. The fourth-order valence-electron chi connectivity index (χ4n) is 1.94. The van der Waals surface area contributed by atoms with Crippen molar-refractivity contribution < 1.29 is 18.0 Å². The van der Waals surface area contributed by atoms with Crippen LogP contribution in [0, 0.1) is 11.3 Å². The lowest BCUT2D eigenvalue weighted by Crippen LogP contribution is -2.23. The van der Waals surface area contributed by atoms with E-state index in [2.05, 4.69) is 10.6 Å². The van der Waals surface area contributed by atoms with Crippen LogP contribution in [-0.2, 0) is 11.0 Å². The van der Waals surface area contributed by atoms with Crippen molar-refractivity contribution in [3.05, 3.63) is 59.7 Å². The Kier molecular flexibility index (Phi) is 4.86. The van der Waals surface area contributed by atoms with Crippen LogP contribution in [0.3, 0.4) is 0 Å². The van der Waals surface area contributed by atoms with Crippen LogP contribution < -0.4 is 10.6 Å². The van der Waals surface area contributed by atoms with Gasteiger partial charge in [-0.1, -0.05) is 24.3 Å². The minimum atomic E-state index is -4.55. The molecule has 0 unspecified atom stereocenters. The summed E-state index contributed by atoms with van der Waals surface area (Å²) in [6, 6.07) is 13.2. The van der Waals surface area contributed by atoms with Gasteiger partial charge >= 0.3 is 6.18 Å². The van der Waals surface area contributed by atoms with E-state index in [0.29, 0.717) is 11.3 Å². The highest BCUT2D eigenvalue weighted by molar-refractivity contribution is 5.94. The molecule has 0 aliphatic rings. The van der Waals surface area contributed by atoms with Gasteiger partial charge in [-0.25, -0.2) is 0 Å². The number of nitrogens with zero attached hydrogens (tertiary/aromatic N) is 1. The largest absolute Gasteiger partial charge is 0.418 e. The predicted molar refractivity (Wildman–Crippen MR) is 79.7 cm³/mol. The molecular formula is C16H12F3N3O. The molecule has 4 nitrogen and oxygen atoms in total. The topological polar surface area (TPSA) is 64.9 Å². The number of carbonyl (C=O) groups excluding carboxylic acids is 1. The Morgan fingerprint density at radius 2 is 1.65 bits per heavy atom. The van der Waals surface area contributed by atoms with Crippen molar-refractivity contribution in [1.82, 2.24) is 0 Å². The van der Waals surface area contributed by atoms with E-state index in [1.54, 1.807) is 24.3 Å². The van der Waals surface area contributed by atoms with Gasteiger partial charge in [0.15, 0.2) is 0 Å². The zero-order chi connectivity index (χ0) is 16.9. The van der Waals surface area contributed by atoms with Gasteiger partial charge in [0.2, 0.25) is 5.91 Å². The van der Waals surface area contributed by atoms with Crippen LogP contribution in [0.2, 0.25) is 0 Å². The highest BCUT2D eigenvalue weighted by Gasteiger charge is 2.33. The van der Waals surface area contributed by atoms with Gasteiger partial charge in [-0.15, -0.1) is 0 Å². The maximum atomic E-state index is 12.8. The number of para-hydroxylation sites is 2. The van der Waals surface area contributed by atoms with Crippen LogP contribution in [0.1, 0.15) is 11.1 Å². The smallest absolute Gasteiger partial charge is 0.375 e. The fourth-order valence-corrected chi connectivity index (χ4v) is 1.94. The average Bonchev–Trinajstić information content (AvgIpc) is 2.52. The Morgan fingerprint density at radius 1 is 1.04 bits per heavy atom. The third-order valence-electron chi connectivity index (χ3n) is 2.99. The van der Waals surface area contributed by atoms with E-state index >= 15 is 0 Å². The maximum Gasteiger partial charge on any atom is 0.418 e. The second-order valence-electron chi connectivity index (χ2n) is 4.60. The van der Waals surface area contributed by atoms with E-state index in [-0.39, 0.29) is 12.2 Å². The van der Waals surface area contributed by atoms with Crippen molar-refractivity contribution >= 4 is 17.3 Å². The average molecular weight is 319 g/mol. The summed E-state index contributed by atoms with van der Waals surface area (Å²) in [5.74, 6) is -0.644. The molecule has 0 aliphatic heterocycles. The van der Waals surface area contributed by atoms with Gasteiger partial charge in [-0.2, -0.15) is 18.4 Å². The monoisotopic (exact) mass is 319 g/mol. The number of halogens is 3. The van der Waals surface area contributed by atoms with Gasteiger partial charge < -0.3 is 10.6 Å². The Morgan fingerprint density at radius 3 is 2.30 bits per heavy atom. The summed E-state index contributed by atoms with van der Waals surface area (Å²) in [7, 11) is 0. The number of rotatable bonds is 4. The Bertz CT molecular complexity index is 751. The predicted octanol–water partition coefficient (Wildman–Crippen LogP) is 3.63. The van der Waals surface area contributed by atoms with E-state index in [4.69, 9.17) is 5.26 Å². The summed E-state index contributed by atoms with van der Waals surface area (Å²) in [5.41, 5.74) is -0.434. The lowest BCUT2D eigenvalue weighted by molar-refractivity contribution is -0.137. The number of anilines is 2. The fraction of sp³-hybridized carbons (Fsp3) is 0.125. The number of nitrogens with one attached hydrogen (secondary N) is 2. The number of benzene rings is 2. The molecule has 0 spiro atoms. The molecule has 0 aliphatic carbocycles. The Labute approximate surface area is 130 Å². The number of hydrogen-bond donors (Lipinski definition) is 2. The van der Waals surface area contributed by atoms with E-state index < -0.39 is 17.6 Å². The van der Waals surface area contributed by atoms with Crippen molar-refractivity contribution in [1.29, 1.82) is 5.26 Å². The van der Waals surface area contributed by atoms with Gasteiger partial charge in [0.1, 0.15) is 6.07 Å². The molecule has 0 atom stereocenters. The third kappa shape index (κ3) is 4.23. The molecule has 2 aromatic rings. The number of alkyl halides is 3. The van der Waals surface area contributed by atoms with E-state index in [0.717, 1.165) is 6.07 Å². The van der Waals surface area contributed by atoms with Crippen molar-refractivity contribution in [3.63, 3.8) is 0 Å². The summed E-state index contributed by atoms with van der Waals surface area (Å²) in [4.78, 5) is 11.8. The minimum Gasteiger partial charge on any atom is -0.375 e. The summed E-state index contributed by atoms with van der Waals surface area (Å²) in [5, 5.41) is 13.9. The molecule has 0 radical (unpaired) electrons. The van der Waals surface area contributed by atoms with Gasteiger partial charge in [0, 0.05) is 0 Å². The molecule has 23 heavy (non-hydrogen) atoms. The zero-order valence-electron chi connectivity index (χ0n) is 11.8. The number of hydrogen-bond acceptors (Lipinski definition) is 3.